The van der Waals surface area contributed by atoms with Crippen LogP contribution in [-0.4, -0.2) is 61.9 Å². The van der Waals surface area contributed by atoms with Gasteiger partial charge < -0.3 is 9.80 Å². The molecule has 0 unspecified atom stereocenters. The van der Waals surface area contributed by atoms with E-state index in [0.29, 0.717) is 54.8 Å². The van der Waals surface area contributed by atoms with Gasteiger partial charge in [-0.05, 0) is 31.0 Å². The van der Waals surface area contributed by atoms with E-state index < -0.39 is 0 Å². The standard InChI is InChI=1S/C20H22FN7O/c21-15-6-3-7-16(12-15)28-19-17(24-25-28)18(22-13-23-19)26-8-10-27(11-9-26)20(29)14-4-1-2-5-14/h3,6-7,12-14H,1-2,4-5,8-11H2. The number of amides is 1. The number of piperazine rings is 1. The van der Waals surface area contributed by atoms with Crippen molar-refractivity contribution in [3.63, 3.8) is 0 Å². The predicted octanol–water partition coefficient (Wildman–Crippen LogP) is 2.19. The molecule has 2 aromatic heterocycles. The van der Waals surface area contributed by atoms with Gasteiger partial charge in [-0.25, -0.2) is 14.4 Å². The summed E-state index contributed by atoms with van der Waals surface area (Å²) in [6.07, 6.45) is 5.85. The van der Waals surface area contributed by atoms with E-state index in [0.717, 1.165) is 25.7 Å². The Morgan fingerprint density at radius 1 is 1.07 bits per heavy atom. The Bertz CT molecular complexity index is 1040. The molecule has 1 aliphatic heterocycles. The van der Waals surface area contributed by atoms with Crippen LogP contribution in [0.15, 0.2) is 30.6 Å². The fourth-order valence-corrected chi connectivity index (χ4v) is 4.32. The van der Waals surface area contributed by atoms with Gasteiger partial charge in [-0.2, -0.15) is 4.68 Å². The van der Waals surface area contributed by atoms with E-state index in [-0.39, 0.29) is 11.7 Å². The summed E-state index contributed by atoms with van der Waals surface area (Å²) in [5, 5.41) is 8.42. The summed E-state index contributed by atoms with van der Waals surface area (Å²) >= 11 is 0. The number of anilines is 1. The quantitative estimate of drug-likeness (QED) is 0.676. The molecule has 29 heavy (non-hydrogen) atoms. The number of carbonyl (C=O) groups is 1. The molecule has 2 aliphatic rings. The fraction of sp³-hybridized carbons (Fsp3) is 0.450. The average molecular weight is 395 g/mol. The molecule has 0 bridgehead atoms. The second kappa shape index (κ2) is 7.38. The first kappa shape index (κ1) is 18.0. The monoisotopic (exact) mass is 395 g/mol. The van der Waals surface area contributed by atoms with Crippen LogP contribution in [0.4, 0.5) is 10.2 Å². The third kappa shape index (κ3) is 3.30. The van der Waals surface area contributed by atoms with Crippen LogP contribution in [0.3, 0.4) is 0 Å². The molecule has 3 heterocycles. The van der Waals surface area contributed by atoms with Gasteiger partial charge >= 0.3 is 0 Å². The van der Waals surface area contributed by atoms with Gasteiger partial charge in [-0.1, -0.05) is 24.1 Å². The van der Waals surface area contributed by atoms with Crippen molar-refractivity contribution >= 4 is 22.9 Å². The second-order valence-corrected chi connectivity index (χ2v) is 7.64. The van der Waals surface area contributed by atoms with Gasteiger partial charge in [0.15, 0.2) is 17.0 Å². The minimum atomic E-state index is -0.344. The van der Waals surface area contributed by atoms with E-state index in [4.69, 9.17) is 0 Å². The summed E-state index contributed by atoms with van der Waals surface area (Å²) in [6, 6.07) is 6.16. The lowest BCUT2D eigenvalue weighted by molar-refractivity contribution is -0.135. The normalized spacial score (nSPS) is 18.0. The molecule has 0 N–H and O–H groups in total. The number of nitrogens with zero attached hydrogens (tertiary/aromatic N) is 7. The summed E-state index contributed by atoms with van der Waals surface area (Å²) in [7, 11) is 0. The lowest BCUT2D eigenvalue weighted by atomic mass is 10.1. The zero-order chi connectivity index (χ0) is 19.8. The van der Waals surface area contributed by atoms with E-state index in [1.165, 1.54) is 23.1 Å². The van der Waals surface area contributed by atoms with E-state index >= 15 is 0 Å². The van der Waals surface area contributed by atoms with E-state index in [1.807, 2.05) is 4.90 Å². The molecule has 8 nitrogen and oxygen atoms in total. The number of carbonyl (C=O) groups excluding carboxylic acids is 1. The van der Waals surface area contributed by atoms with Crippen LogP contribution in [0.5, 0.6) is 0 Å². The highest BCUT2D eigenvalue weighted by atomic mass is 19.1. The summed E-state index contributed by atoms with van der Waals surface area (Å²) in [5.74, 6) is 0.861. The number of rotatable bonds is 3. The van der Waals surface area contributed by atoms with Crippen molar-refractivity contribution in [2.45, 2.75) is 25.7 Å². The summed E-state index contributed by atoms with van der Waals surface area (Å²) in [6.45, 7) is 2.74. The van der Waals surface area contributed by atoms with Crippen LogP contribution in [0, 0.1) is 11.7 Å². The van der Waals surface area contributed by atoms with Gasteiger partial charge in [0, 0.05) is 32.1 Å². The topological polar surface area (TPSA) is 80.0 Å². The average Bonchev–Trinajstić information content (AvgIpc) is 3.43. The zero-order valence-corrected chi connectivity index (χ0v) is 16.0. The van der Waals surface area contributed by atoms with Crippen molar-refractivity contribution in [1.29, 1.82) is 0 Å². The molecule has 1 saturated heterocycles. The first-order chi connectivity index (χ1) is 14.2. The van der Waals surface area contributed by atoms with Crippen molar-refractivity contribution in [2.24, 2.45) is 5.92 Å². The van der Waals surface area contributed by atoms with Crippen LogP contribution in [0.1, 0.15) is 25.7 Å². The Morgan fingerprint density at radius 2 is 1.86 bits per heavy atom. The summed E-state index contributed by atoms with van der Waals surface area (Å²) in [5.41, 5.74) is 1.67. The van der Waals surface area contributed by atoms with Gasteiger partial charge in [0.25, 0.3) is 0 Å². The number of benzene rings is 1. The zero-order valence-electron chi connectivity index (χ0n) is 16.0. The van der Waals surface area contributed by atoms with Gasteiger partial charge in [0.2, 0.25) is 5.91 Å². The Hall–Kier alpha value is -3.10. The van der Waals surface area contributed by atoms with E-state index in [1.54, 1.807) is 12.1 Å². The Morgan fingerprint density at radius 3 is 2.62 bits per heavy atom. The predicted molar refractivity (Wildman–Crippen MR) is 105 cm³/mol. The fourth-order valence-electron chi connectivity index (χ4n) is 4.32. The molecule has 3 aromatic rings. The molecule has 150 valence electrons. The van der Waals surface area contributed by atoms with Gasteiger partial charge in [-0.3, -0.25) is 4.79 Å². The summed E-state index contributed by atoms with van der Waals surface area (Å²) in [4.78, 5) is 25.5. The third-order valence-corrected chi connectivity index (χ3v) is 5.87. The minimum Gasteiger partial charge on any atom is -0.351 e. The molecule has 5 rings (SSSR count). The van der Waals surface area contributed by atoms with E-state index in [2.05, 4.69) is 25.2 Å². The molecule has 1 amide bonds. The summed E-state index contributed by atoms with van der Waals surface area (Å²) < 4.78 is 15.1. The Balaban J connectivity index is 1.37. The maximum Gasteiger partial charge on any atom is 0.225 e. The molecular weight excluding hydrogens is 373 g/mol. The van der Waals surface area contributed by atoms with Gasteiger partial charge in [0.05, 0.1) is 5.69 Å². The van der Waals surface area contributed by atoms with Crippen LogP contribution in [-0.2, 0) is 4.79 Å². The van der Waals surface area contributed by atoms with Gasteiger partial charge in [0.1, 0.15) is 12.1 Å². The highest BCUT2D eigenvalue weighted by Gasteiger charge is 2.30. The Labute approximate surface area is 167 Å². The molecule has 1 saturated carbocycles. The molecule has 0 spiro atoms. The molecular formula is C20H22FN7O. The molecule has 1 aliphatic carbocycles. The largest absolute Gasteiger partial charge is 0.351 e. The van der Waals surface area contributed by atoms with Crippen molar-refractivity contribution < 1.29 is 9.18 Å². The first-order valence-electron chi connectivity index (χ1n) is 10.1. The molecule has 2 fully saturated rings. The van der Waals surface area contributed by atoms with Crippen molar-refractivity contribution in [3.05, 3.63) is 36.4 Å². The molecule has 0 atom stereocenters. The van der Waals surface area contributed by atoms with E-state index in [9.17, 15) is 9.18 Å². The van der Waals surface area contributed by atoms with Crippen LogP contribution >= 0.6 is 0 Å². The number of hydrogen-bond acceptors (Lipinski definition) is 6. The van der Waals surface area contributed by atoms with Crippen LogP contribution in [0.2, 0.25) is 0 Å². The van der Waals surface area contributed by atoms with Gasteiger partial charge in [-0.15, -0.1) is 5.10 Å². The number of fused-ring (bicyclic) bond motifs is 1. The number of halogens is 1. The lowest BCUT2D eigenvalue weighted by Gasteiger charge is -2.36. The minimum absolute atomic E-state index is 0.207. The lowest BCUT2D eigenvalue weighted by Crippen LogP contribution is -2.50. The molecule has 9 heteroatoms. The van der Waals surface area contributed by atoms with Crippen molar-refractivity contribution in [3.8, 4) is 5.69 Å². The molecule has 0 radical (unpaired) electrons. The highest BCUT2D eigenvalue weighted by molar-refractivity contribution is 5.84. The van der Waals surface area contributed by atoms with Crippen molar-refractivity contribution in [2.75, 3.05) is 31.1 Å². The van der Waals surface area contributed by atoms with Crippen LogP contribution < -0.4 is 4.90 Å². The smallest absolute Gasteiger partial charge is 0.225 e. The third-order valence-electron chi connectivity index (χ3n) is 5.87. The maximum atomic E-state index is 13.6. The highest BCUT2D eigenvalue weighted by Crippen LogP contribution is 2.28. The SMILES string of the molecule is O=C(C1CCCC1)N1CCN(c2ncnc3c2nnn3-c2cccc(F)c2)CC1. The molecule has 1 aromatic carbocycles. The number of aromatic nitrogens is 5. The maximum absolute atomic E-state index is 13.6. The first-order valence-corrected chi connectivity index (χ1v) is 10.1. The van der Waals surface area contributed by atoms with Crippen molar-refractivity contribution in [1.82, 2.24) is 29.9 Å². The Kier molecular flexibility index (Phi) is 4.57. The number of hydrogen-bond donors (Lipinski definition) is 0. The van der Waals surface area contributed by atoms with Crippen LogP contribution in [0.25, 0.3) is 16.9 Å². The second-order valence-electron chi connectivity index (χ2n) is 7.64.